The Morgan fingerprint density at radius 2 is 1.41 bits per heavy atom. The smallest absolute Gasteiger partial charge is 0.170 e. The van der Waals surface area contributed by atoms with Crippen LogP contribution in [0.1, 0.15) is 44.9 Å². The molecule has 3 aromatic carbocycles. The van der Waals surface area contributed by atoms with E-state index in [1.54, 1.807) is 6.07 Å². The molecule has 0 heterocycles. The van der Waals surface area contributed by atoms with Crippen LogP contribution >= 0.6 is 0 Å². The zero-order chi connectivity index (χ0) is 21.8. The molecule has 5 rings (SSSR count). The SMILES string of the molecule is Fc1ccc([S+](c2ccccc2)c2ccccc2)cc1OC1(C#CC2CC2)CCCCC1. The molecule has 2 saturated carbocycles. The molecule has 0 N–H and O–H groups in total. The highest BCUT2D eigenvalue weighted by Gasteiger charge is 2.35. The molecule has 0 aliphatic heterocycles. The Hall–Kier alpha value is -2.70. The number of hydrogen-bond acceptors (Lipinski definition) is 1. The van der Waals surface area contributed by atoms with Gasteiger partial charge >= 0.3 is 0 Å². The van der Waals surface area contributed by atoms with Crippen molar-refractivity contribution < 1.29 is 9.13 Å². The van der Waals surface area contributed by atoms with E-state index in [4.69, 9.17) is 4.74 Å². The van der Waals surface area contributed by atoms with E-state index in [0.29, 0.717) is 11.7 Å². The molecule has 1 nitrogen and oxygen atoms in total. The third-order valence-electron chi connectivity index (χ3n) is 6.14. The zero-order valence-corrected chi connectivity index (χ0v) is 19.0. The third-order valence-corrected chi connectivity index (χ3v) is 8.36. The maximum atomic E-state index is 15.0. The van der Waals surface area contributed by atoms with Gasteiger partial charge in [-0.3, -0.25) is 0 Å². The van der Waals surface area contributed by atoms with Crippen LogP contribution in [-0.2, 0) is 10.9 Å². The van der Waals surface area contributed by atoms with Crippen molar-refractivity contribution >= 4 is 10.9 Å². The molecule has 0 aromatic heterocycles. The van der Waals surface area contributed by atoms with Crippen LogP contribution in [0.25, 0.3) is 0 Å². The lowest BCUT2D eigenvalue weighted by molar-refractivity contribution is 0.0820. The van der Waals surface area contributed by atoms with E-state index in [9.17, 15) is 0 Å². The van der Waals surface area contributed by atoms with Crippen molar-refractivity contribution in [2.24, 2.45) is 5.92 Å². The number of hydrogen-bond donors (Lipinski definition) is 0. The Kier molecular flexibility index (Phi) is 6.23. The fourth-order valence-electron chi connectivity index (χ4n) is 4.26. The van der Waals surface area contributed by atoms with Crippen LogP contribution in [0, 0.1) is 23.6 Å². The molecule has 0 spiro atoms. The molecule has 3 aromatic rings. The Morgan fingerprint density at radius 1 is 0.781 bits per heavy atom. The average molecular weight is 444 g/mol. The molecular weight excluding hydrogens is 415 g/mol. The van der Waals surface area contributed by atoms with E-state index < -0.39 is 5.60 Å². The van der Waals surface area contributed by atoms with E-state index in [-0.39, 0.29) is 16.7 Å². The van der Waals surface area contributed by atoms with Gasteiger partial charge in [0, 0.05) is 12.0 Å². The van der Waals surface area contributed by atoms with Gasteiger partial charge in [0.15, 0.2) is 31.9 Å². The van der Waals surface area contributed by atoms with Gasteiger partial charge in [-0.15, -0.1) is 0 Å². The second-order valence-electron chi connectivity index (χ2n) is 8.73. The molecule has 2 fully saturated rings. The van der Waals surface area contributed by atoms with Gasteiger partial charge in [0.05, 0.1) is 10.9 Å². The summed E-state index contributed by atoms with van der Waals surface area (Å²) >= 11 is 0. The van der Waals surface area contributed by atoms with Crippen LogP contribution in [-0.4, -0.2) is 5.60 Å². The largest absolute Gasteiger partial charge is 0.471 e. The Bertz CT molecular complexity index is 1070. The van der Waals surface area contributed by atoms with Crippen LogP contribution in [0.5, 0.6) is 5.75 Å². The predicted molar refractivity (Wildman–Crippen MR) is 128 cm³/mol. The van der Waals surface area contributed by atoms with Crippen LogP contribution < -0.4 is 4.74 Å². The van der Waals surface area contributed by atoms with Gasteiger partial charge < -0.3 is 4.74 Å². The van der Waals surface area contributed by atoms with Crippen molar-refractivity contribution in [3.8, 4) is 17.6 Å². The number of benzene rings is 3. The highest BCUT2D eigenvalue weighted by atomic mass is 32.2. The maximum absolute atomic E-state index is 15.0. The summed E-state index contributed by atoms with van der Waals surface area (Å²) < 4.78 is 21.5. The molecule has 0 amide bonds. The van der Waals surface area contributed by atoms with E-state index >= 15 is 4.39 Å². The normalized spacial score (nSPS) is 17.4. The summed E-state index contributed by atoms with van der Waals surface area (Å²) in [6.45, 7) is 0. The first kappa shape index (κ1) is 21.2. The summed E-state index contributed by atoms with van der Waals surface area (Å²) in [4.78, 5) is 3.47. The quantitative estimate of drug-likeness (QED) is 0.294. The third kappa shape index (κ3) is 4.87. The van der Waals surface area contributed by atoms with Crippen molar-refractivity contribution in [1.29, 1.82) is 0 Å². The first-order valence-electron chi connectivity index (χ1n) is 11.6. The van der Waals surface area contributed by atoms with Gasteiger partial charge in [-0.25, -0.2) is 4.39 Å². The Labute approximate surface area is 193 Å². The molecule has 2 aliphatic rings. The van der Waals surface area contributed by atoms with Gasteiger partial charge in [0.2, 0.25) is 0 Å². The molecule has 2 aliphatic carbocycles. The van der Waals surface area contributed by atoms with E-state index in [1.165, 1.54) is 29.1 Å². The Morgan fingerprint density at radius 3 is 2.00 bits per heavy atom. The van der Waals surface area contributed by atoms with Crippen molar-refractivity contribution in [1.82, 2.24) is 0 Å². The van der Waals surface area contributed by atoms with Crippen molar-refractivity contribution in [3.63, 3.8) is 0 Å². The van der Waals surface area contributed by atoms with Gasteiger partial charge in [0.25, 0.3) is 0 Å². The second kappa shape index (κ2) is 9.43. The van der Waals surface area contributed by atoms with Gasteiger partial charge in [-0.05, 0) is 74.9 Å². The minimum absolute atomic E-state index is 0.309. The summed E-state index contributed by atoms with van der Waals surface area (Å²) in [5.41, 5.74) is -0.557. The first-order valence-corrected chi connectivity index (χ1v) is 12.8. The van der Waals surface area contributed by atoms with Crippen LogP contribution in [0.2, 0.25) is 0 Å². The Balaban J connectivity index is 1.52. The lowest BCUT2D eigenvalue weighted by Gasteiger charge is -2.33. The van der Waals surface area contributed by atoms with Crippen LogP contribution in [0.15, 0.2) is 93.5 Å². The van der Waals surface area contributed by atoms with Gasteiger partial charge in [-0.2, -0.15) is 0 Å². The van der Waals surface area contributed by atoms with E-state index in [2.05, 4.69) is 60.4 Å². The number of ether oxygens (including phenoxy) is 1. The minimum Gasteiger partial charge on any atom is -0.471 e. The highest BCUT2D eigenvalue weighted by molar-refractivity contribution is 7.97. The van der Waals surface area contributed by atoms with Gasteiger partial charge in [0.1, 0.15) is 0 Å². The van der Waals surface area contributed by atoms with Crippen LogP contribution in [0.4, 0.5) is 4.39 Å². The first-order chi connectivity index (χ1) is 15.7. The lowest BCUT2D eigenvalue weighted by atomic mass is 9.85. The number of rotatable bonds is 5. The average Bonchev–Trinajstić information content (AvgIpc) is 3.67. The minimum atomic E-state index is -0.557. The van der Waals surface area contributed by atoms with Gasteiger partial charge in [-0.1, -0.05) is 54.7 Å². The molecule has 0 bridgehead atoms. The summed E-state index contributed by atoms with van der Waals surface area (Å²) in [5.74, 6) is 7.38. The molecule has 0 saturated heterocycles. The molecule has 0 radical (unpaired) electrons. The maximum Gasteiger partial charge on any atom is 0.170 e. The monoisotopic (exact) mass is 443 g/mol. The summed E-state index contributed by atoms with van der Waals surface area (Å²) in [5, 5.41) is 0. The lowest BCUT2D eigenvalue weighted by Crippen LogP contribution is -2.37. The summed E-state index contributed by atoms with van der Waals surface area (Å²) in [6, 6.07) is 26.2. The highest BCUT2D eigenvalue weighted by Crippen LogP contribution is 2.38. The molecule has 32 heavy (non-hydrogen) atoms. The summed E-state index contributed by atoms with van der Waals surface area (Å²) in [6.07, 6.45) is 7.48. The van der Waals surface area contributed by atoms with E-state index in [0.717, 1.165) is 30.6 Å². The fraction of sp³-hybridized carbons (Fsp3) is 0.310. The summed E-state index contributed by atoms with van der Waals surface area (Å²) in [7, 11) is -0.337. The molecule has 162 valence electrons. The topological polar surface area (TPSA) is 9.23 Å². The second-order valence-corrected chi connectivity index (χ2v) is 10.8. The van der Waals surface area contributed by atoms with Crippen molar-refractivity contribution in [3.05, 3.63) is 84.7 Å². The fourth-order valence-corrected chi connectivity index (χ4v) is 6.36. The molecule has 3 heteroatoms. The zero-order valence-electron chi connectivity index (χ0n) is 18.2. The van der Waals surface area contributed by atoms with E-state index in [1.807, 2.05) is 24.3 Å². The molecular formula is C29H28FOS+. The number of halogens is 1. The van der Waals surface area contributed by atoms with Crippen molar-refractivity contribution in [2.75, 3.05) is 0 Å². The molecule has 0 unspecified atom stereocenters. The molecule has 0 atom stereocenters. The predicted octanol–water partition coefficient (Wildman–Crippen LogP) is 7.42. The van der Waals surface area contributed by atoms with Crippen LogP contribution in [0.3, 0.4) is 0 Å². The van der Waals surface area contributed by atoms with Crippen molar-refractivity contribution in [2.45, 2.75) is 65.2 Å². The standard InChI is InChI=1S/C29H28FOS/c30-27-17-16-26(32(24-10-4-1-5-11-24)25-12-6-2-7-13-25)22-28(27)31-29(19-8-3-9-20-29)21-18-23-14-15-23/h1-2,4-7,10-13,16-17,22-23H,3,8-9,14-15,19-20H2/q+1.